The van der Waals surface area contributed by atoms with Crippen LogP contribution in [0.4, 0.5) is 0 Å². The van der Waals surface area contributed by atoms with Crippen molar-refractivity contribution in [3.05, 3.63) is 29.3 Å². The summed E-state index contributed by atoms with van der Waals surface area (Å²) in [7, 11) is -1.80. The van der Waals surface area contributed by atoms with Gasteiger partial charge >= 0.3 is 0 Å². The zero-order valence-corrected chi connectivity index (χ0v) is 13.4. The highest BCUT2D eigenvalue weighted by Crippen LogP contribution is 2.22. The first-order valence-corrected chi connectivity index (χ1v) is 9.07. The first kappa shape index (κ1) is 16.5. The Bertz CT molecular complexity index is 515. The van der Waals surface area contributed by atoms with Gasteiger partial charge in [0.15, 0.2) is 0 Å². The molecule has 0 aliphatic heterocycles. The van der Waals surface area contributed by atoms with Crippen molar-refractivity contribution < 1.29 is 8.42 Å². The monoisotopic (exact) mass is 302 g/mol. The Kier molecular flexibility index (Phi) is 6.32. The lowest BCUT2D eigenvalue weighted by molar-refractivity contribution is 0.487. The van der Waals surface area contributed by atoms with Crippen LogP contribution in [0, 0.1) is 0 Å². The van der Waals surface area contributed by atoms with Crippen LogP contribution in [0.3, 0.4) is 0 Å². The van der Waals surface area contributed by atoms with E-state index >= 15 is 0 Å². The van der Waals surface area contributed by atoms with Crippen LogP contribution in [0.25, 0.3) is 0 Å². The van der Waals surface area contributed by atoms with E-state index in [4.69, 9.17) is 5.73 Å². The van der Waals surface area contributed by atoms with Gasteiger partial charge in [0, 0.05) is 25.9 Å². The van der Waals surface area contributed by atoms with Gasteiger partial charge in [-0.1, -0.05) is 19.1 Å². The number of benzene rings is 1. The Morgan fingerprint density at radius 1 is 1.37 bits per heavy atom. The summed E-state index contributed by atoms with van der Waals surface area (Å²) in [5, 5.41) is 0. The van der Waals surface area contributed by atoms with E-state index < -0.39 is 10.0 Å². The zero-order chi connectivity index (χ0) is 14.5. The van der Waals surface area contributed by atoms with Crippen LogP contribution in [-0.2, 0) is 23.0 Å². The average Bonchev–Trinajstić information content (AvgIpc) is 2.43. The molecule has 0 atom stereocenters. The molecule has 0 radical (unpaired) electrons. The molecule has 6 heteroatoms. The molecule has 0 spiro atoms. The fraction of sp³-hybridized carbons (Fsp3) is 0.538. The maximum absolute atomic E-state index is 12.6. The van der Waals surface area contributed by atoms with E-state index in [0.29, 0.717) is 24.4 Å². The van der Waals surface area contributed by atoms with Crippen LogP contribution in [0.1, 0.15) is 18.1 Å². The van der Waals surface area contributed by atoms with Crippen LogP contribution in [0.5, 0.6) is 0 Å². The molecule has 0 heterocycles. The number of nitrogens with zero attached hydrogens (tertiary/aromatic N) is 1. The van der Waals surface area contributed by atoms with Crippen LogP contribution >= 0.6 is 11.8 Å². The normalized spacial score (nSPS) is 12.1. The Morgan fingerprint density at radius 2 is 2.05 bits per heavy atom. The number of hydrogen-bond acceptors (Lipinski definition) is 4. The topological polar surface area (TPSA) is 63.4 Å². The molecule has 2 N–H and O–H groups in total. The number of nitrogens with two attached hydrogens (primary N) is 1. The van der Waals surface area contributed by atoms with Crippen LogP contribution in [-0.4, -0.2) is 38.3 Å². The number of sulfonamides is 1. The molecular formula is C13H22N2O2S2. The minimum atomic E-state index is -3.42. The van der Waals surface area contributed by atoms with E-state index in [1.54, 1.807) is 24.9 Å². The second-order valence-electron chi connectivity index (χ2n) is 4.32. The number of aryl methyl sites for hydroxylation is 1. The molecule has 1 aromatic carbocycles. The summed E-state index contributed by atoms with van der Waals surface area (Å²) < 4.78 is 26.5. The maximum atomic E-state index is 12.6. The van der Waals surface area contributed by atoms with Gasteiger partial charge in [-0.05, 0) is 29.9 Å². The molecule has 0 saturated carbocycles. The van der Waals surface area contributed by atoms with Gasteiger partial charge in [0.25, 0.3) is 0 Å². The molecule has 108 valence electrons. The van der Waals surface area contributed by atoms with E-state index in [2.05, 4.69) is 0 Å². The van der Waals surface area contributed by atoms with E-state index in [0.717, 1.165) is 16.9 Å². The summed E-state index contributed by atoms with van der Waals surface area (Å²) in [5.41, 5.74) is 7.28. The van der Waals surface area contributed by atoms with E-state index in [1.807, 2.05) is 25.3 Å². The van der Waals surface area contributed by atoms with E-state index in [-0.39, 0.29) is 0 Å². The Labute approximate surface area is 120 Å². The molecule has 0 bridgehead atoms. The molecule has 0 aliphatic carbocycles. The van der Waals surface area contributed by atoms with E-state index in [1.165, 1.54) is 4.31 Å². The van der Waals surface area contributed by atoms with Gasteiger partial charge < -0.3 is 5.73 Å². The molecule has 4 nitrogen and oxygen atoms in total. The van der Waals surface area contributed by atoms with Gasteiger partial charge in [0.1, 0.15) is 0 Å². The summed E-state index contributed by atoms with van der Waals surface area (Å²) in [5.74, 6) is 0.785. The van der Waals surface area contributed by atoms with Gasteiger partial charge in [-0.2, -0.15) is 11.8 Å². The van der Waals surface area contributed by atoms with Gasteiger partial charge in [-0.3, -0.25) is 0 Å². The van der Waals surface area contributed by atoms with Crippen LogP contribution in [0.15, 0.2) is 23.1 Å². The lowest BCUT2D eigenvalue weighted by atomic mass is 10.1. The van der Waals surface area contributed by atoms with Crippen molar-refractivity contribution >= 4 is 21.8 Å². The van der Waals surface area contributed by atoms with Crippen molar-refractivity contribution in [3.8, 4) is 0 Å². The third-order valence-electron chi connectivity index (χ3n) is 3.05. The van der Waals surface area contributed by atoms with Crippen LogP contribution in [0.2, 0.25) is 0 Å². The smallest absolute Gasteiger partial charge is 0.243 e. The van der Waals surface area contributed by atoms with E-state index in [9.17, 15) is 8.42 Å². The Morgan fingerprint density at radius 3 is 2.58 bits per heavy atom. The van der Waals surface area contributed by atoms with Crippen molar-refractivity contribution in [3.63, 3.8) is 0 Å². The lowest BCUT2D eigenvalue weighted by Crippen LogP contribution is -2.30. The highest BCUT2D eigenvalue weighted by Gasteiger charge is 2.23. The average molecular weight is 302 g/mol. The lowest BCUT2D eigenvalue weighted by Gasteiger charge is -2.19. The highest BCUT2D eigenvalue weighted by atomic mass is 32.2. The molecule has 0 fully saturated rings. The molecule has 0 saturated heterocycles. The number of hydrogen-bond donors (Lipinski definition) is 1. The number of rotatable bonds is 7. The highest BCUT2D eigenvalue weighted by molar-refractivity contribution is 7.98. The van der Waals surface area contributed by atoms with Crippen LogP contribution < -0.4 is 5.73 Å². The predicted octanol–water partition coefficient (Wildman–Crippen LogP) is 1.69. The van der Waals surface area contributed by atoms with Gasteiger partial charge in [0.05, 0.1) is 4.90 Å². The zero-order valence-electron chi connectivity index (χ0n) is 11.7. The minimum absolute atomic E-state index is 0.348. The molecule has 19 heavy (non-hydrogen) atoms. The summed E-state index contributed by atoms with van der Waals surface area (Å²) >= 11 is 1.63. The standard InChI is InChI=1S/C13H22N2O2S2/c1-4-12-6-5-11(10-14)9-13(12)19(16,17)15(2)7-8-18-3/h5-6,9H,4,7-8,10,14H2,1-3H3. The second kappa shape index (κ2) is 7.28. The number of thioether (sulfide) groups is 1. The van der Waals surface area contributed by atoms with Crippen molar-refractivity contribution in [2.24, 2.45) is 5.73 Å². The minimum Gasteiger partial charge on any atom is -0.326 e. The van der Waals surface area contributed by atoms with Gasteiger partial charge in [-0.25, -0.2) is 12.7 Å². The largest absolute Gasteiger partial charge is 0.326 e. The quantitative estimate of drug-likeness (QED) is 0.832. The third-order valence-corrected chi connectivity index (χ3v) is 5.58. The third kappa shape index (κ3) is 3.95. The SMILES string of the molecule is CCc1ccc(CN)cc1S(=O)(=O)N(C)CCSC. The second-order valence-corrected chi connectivity index (χ2v) is 7.32. The first-order valence-electron chi connectivity index (χ1n) is 6.24. The van der Waals surface area contributed by atoms with Crippen molar-refractivity contribution in [2.75, 3.05) is 25.6 Å². The van der Waals surface area contributed by atoms with Gasteiger partial charge in [0.2, 0.25) is 10.0 Å². The predicted molar refractivity (Wildman–Crippen MR) is 81.9 cm³/mol. The fourth-order valence-electron chi connectivity index (χ4n) is 1.77. The van der Waals surface area contributed by atoms with Gasteiger partial charge in [-0.15, -0.1) is 0 Å². The van der Waals surface area contributed by atoms with Crippen molar-refractivity contribution in [1.82, 2.24) is 4.31 Å². The molecular weight excluding hydrogens is 280 g/mol. The summed E-state index contributed by atoms with van der Waals surface area (Å²) in [6.07, 6.45) is 2.66. The molecule has 0 aromatic heterocycles. The molecule has 0 amide bonds. The Hall–Kier alpha value is -0.560. The fourth-order valence-corrected chi connectivity index (χ4v) is 3.85. The maximum Gasteiger partial charge on any atom is 0.243 e. The molecule has 0 unspecified atom stereocenters. The molecule has 0 aliphatic rings. The molecule has 1 rings (SSSR count). The molecule has 1 aromatic rings. The summed E-state index contributed by atoms with van der Waals surface area (Å²) in [6.45, 7) is 2.82. The Balaban J connectivity index is 3.18. The van der Waals surface area contributed by atoms with Crippen molar-refractivity contribution in [1.29, 1.82) is 0 Å². The summed E-state index contributed by atoms with van der Waals surface area (Å²) in [6, 6.07) is 5.45. The summed E-state index contributed by atoms with van der Waals surface area (Å²) in [4.78, 5) is 0.390. The van der Waals surface area contributed by atoms with Crippen molar-refractivity contribution in [2.45, 2.75) is 24.8 Å². The first-order chi connectivity index (χ1) is 8.97.